The number of hydrogen-bond donors (Lipinski definition) is 1. The largest absolute Gasteiger partial charge is 0.399 e. The standard InChI is InChI=1S/C13H21ClN4/c1-17(2)9-10-3-5-18(6-4-10)13-8-11(15)7-12(14)16-13/h7-8,10H,3-6,9H2,1-2H3,(H2,15,16). The fraction of sp³-hybridized carbons (Fsp3) is 0.615. The predicted molar refractivity (Wildman–Crippen MR) is 77.2 cm³/mol. The van der Waals surface area contributed by atoms with Gasteiger partial charge in [0.1, 0.15) is 11.0 Å². The summed E-state index contributed by atoms with van der Waals surface area (Å²) in [7, 11) is 4.26. The van der Waals surface area contributed by atoms with Crippen molar-refractivity contribution in [2.45, 2.75) is 12.8 Å². The molecule has 1 aliphatic rings. The van der Waals surface area contributed by atoms with Crippen LogP contribution in [0.15, 0.2) is 12.1 Å². The molecule has 0 amide bonds. The predicted octanol–water partition coefficient (Wildman–Crippen LogP) is 2.10. The molecule has 18 heavy (non-hydrogen) atoms. The Morgan fingerprint density at radius 1 is 1.39 bits per heavy atom. The van der Waals surface area contributed by atoms with E-state index >= 15 is 0 Å². The maximum absolute atomic E-state index is 5.94. The number of hydrogen-bond acceptors (Lipinski definition) is 4. The van der Waals surface area contributed by atoms with Gasteiger partial charge in [-0.25, -0.2) is 4.98 Å². The first-order chi connectivity index (χ1) is 8.54. The second-order valence-corrected chi connectivity index (χ2v) is 5.66. The van der Waals surface area contributed by atoms with Crippen LogP contribution in [0.5, 0.6) is 0 Å². The van der Waals surface area contributed by atoms with E-state index in [1.54, 1.807) is 6.07 Å². The zero-order valence-electron chi connectivity index (χ0n) is 11.1. The Labute approximate surface area is 114 Å². The number of piperidine rings is 1. The SMILES string of the molecule is CN(C)CC1CCN(c2cc(N)cc(Cl)n2)CC1. The van der Waals surface area contributed by atoms with Gasteiger partial charge in [-0.2, -0.15) is 0 Å². The third-order valence-electron chi connectivity index (χ3n) is 3.36. The lowest BCUT2D eigenvalue weighted by molar-refractivity contribution is 0.284. The molecule has 0 unspecified atom stereocenters. The molecule has 1 aromatic rings. The van der Waals surface area contributed by atoms with Gasteiger partial charge in [0.15, 0.2) is 0 Å². The third kappa shape index (κ3) is 3.50. The molecule has 0 bridgehead atoms. The van der Waals surface area contributed by atoms with Gasteiger partial charge in [-0.15, -0.1) is 0 Å². The Balaban J connectivity index is 1.96. The fourth-order valence-electron chi connectivity index (χ4n) is 2.53. The summed E-state index contributed by atoms with van der Waals surface area (Å²) in [5.74, 6) is 1.69. The molecular weight excluding hydrogens is 248 g/mol. The number of nitrogens with two attached hydrogens (primary N) is 1. The van der Waals surface area contributed by atoms with Crippen LogP contribution in [0.25, 0.3) is 0 Å². The van der Waals surface area contributed by atoms with Crippen molar-refractivity contribution < 1.29 is 0 Å². The van der Waals surface area contributed by atoms with Crippen molar-refractivity contribution in [1.29, 1.82) is 0 Å². The molecule has 4 nitrogen and oxygen atoms in total. The molecule has 2 N–H and O–H groups in total. The maximum Gasteiger partial charge on any atom is 0.133 e. The zero-order valence-corrected chi connectivity index (χ0v) is 11.8. The van der Waals surface area contributed by atoms with Crippen LogP contribution in [0.1, 0.15) is 12.8 Å². The third-order valence-corrected chi connectivity index (χ3v) is 3.56. The topological polar surface area (TPSA) is 45.4 Å². The highest BCUT2D eigenvalue weighted by Gasteiger charge is 2.20. The van der Waals surface area contributed by atoms with Crippen LogP contribution in [-0.2, 0) is 0 Å². The summed E-state index contributed by atoms with van der Waals surface area (Å²) in [6, 6.07) is 3.59. The number of pyridine rings is 1. The molecule has 0 radical (unpaired) electrons. The lowest BCUT2D eigenvalue weighted by Gasteiger charge is -2.34. The minimum Gasteiger partial charge on any atom is -0.399 e. The molecule has 5 heteroatoms. The summed E-state index contributed by atoms with van der Waals surface area (Å²) in [6.07, 6.45) is 2.40. The average Bonchev–Trinajstić information content (AvgIpc) is 2.27. The second kappa shape index (κ2) is 5.76. The molecule has 0 aromatic carbocycles. The number of nitrogen functional groups attached to an aromatic ring is 1. The van der Waals surface area contributed by atoms with Crippen molar-refractivity contribution in [1.82, 2.24) is 9.88 Å². The van der Waals surface area contributed by atoms with E-state index in [4.69, 9.17) is 17.3 Å². The lowest BCUT2D eigenvalue weighted by atomic mass is 9.96. The smallest absolute Gasteiger partial charge is 0.133 e. The maximum atomic E-state index is 5.94. The van der Waals surface area contributed by atoms with Gasteiger partial charge in [0.05, 0.1) is 0 Å². The van der Waals surface area contributed by atoms with Crippen molar-refractivity contribution in [3.8, 4) is 0 Å². The van der Waals surface area contributed by atoms with Crippen molar-refractivity contribution in [3.63, 3.8) is 0 Å². The van der Waals surface area contributed by atoms with E-state index in [2.05, 4.69) is 28.9 Å². The van der Waals surface area contributed by atoms with Gasteiger partial charge >= 0.3 is 0 Å². The molecule has 1 fully saturated rings. The van der Waals surface area contributed by atoms with Crippen molar-refractivity contribution in [2.75, 3.05) is 44.4 Å². The van der Waals surface area contributed by atoms with Gasteiger partial charge in [0.2, 0.25) is 0 Å². The monoisotopic (exact) mass is 268 g/mol. The van der Waals surface area contributed by atoms with Gasteiger partial charge in [-0.1, -0.05) is 11.6 Å². The van der Waals surface area contributed by atoms with Crippen LogP contribution in [0.2, 0.25) is 5.15 Å². The first-order valence-electron chi connectivity index (χ1n) is 6.37. The molecule has 2 heterocycles. The quantitative estimate of drug-likeness (QED) is 0.853. The number of aromatic nitrogens is 1. The summed E-state index contributed by atoms with van der Waals surface area (Å²) in [5, 5.41) is 0.473. The van der Waals surface area contributed by atoms with Crippen LogP contribution in [0, 0.1) is 5.92 Å². The number of nitrogens with zero attached hydrogens (tertiary/aromatic N) is 3. The molecule has 0 saturated carbocycles. The highest BCUT2D eigenvalue weighted by Crippen LogP contribution is 2.25. The molecule has 1 saturated heterocycles. The summed E-state index contributed by atoms with van der Waals surface area (Å²) in [6.45, 7) is 3.23. The average molecular weight is 269 g/mol. The normalized spacial score (nSPS) is 17.4. The Morgan fingerprint density at radius 3 is 2.61 bits per heavy atom. The molecule has 1 aromatic heterocycles. The van der Waals surface area contributed by atoms with E-state index in [0.717, 1.165) is 24.8 Å². The molecule has 1 aliphatic heterocycles. The van der Waals surface area contributed by atoms with Crippen LogP contribution in [0.3, 0.4) is 0 Å². The second-order valence-electron chi connectivity index (χ2n) is 5.27. The van der Waals surface area contributed by atoms with Crippen LogP contribution in [-0.4, -0.2) is 43.6 Å². The first kappa shape index (κ1) is 13.4. The Kier molecular flexibility index (Phi) is 4.30. The summed E-state index contributed by atoms with van der Waals surface area (Å²) in [5.41, 5.74) is 6.48. The lowest BCUT2D eigenvalue weighted by Crippen LogP contribution is -2.37. The van der Waals surface area contributed by atoms with Crippen LogP contribution in [0.4, 0.5) is 11.5 Å². The number of anilines is 2. The highest BCUT2D eigenvalue weighted by atomic mass is 35.5. The van der Waals surface area contributed by atoms with Crippen molar-refractivity contribution in [2.24, 2.45) is 5.92 Å². The van der Waals surface area contributed by atoms with Crippen LogP contribution < -0.4 is 10.6 Å². The van der Waals surface area contributed by atoms with Gasteiger partial charge < -0.3 is 15.5 Å². The van der Waals surface area contributed by atoms with Crippen molar-refractivity contribution >= 4 is 23.1 Å². The van der Waals surface area contributed by atoms with Crippen molar-refractivity contribution in [3.05, 3.63) is 17.3 Å². The molecule has 2 rings (SSSR count). The highest BCUT2D eigenvalue weighted by molar-refractivity contribution is 6.29. The summed E-state index contributed by atoms with van der Waals surface area (Å²) < 4.78 is 0. The Bertz CT molecular complexity index is 380. The van der Waals surface area contributed by atoms with Gasteiger partial charge in [-0.3, -0.25) is 0 Å². The Hall–Kier alpha value is -1.00. The van der Waals surface area contributed by atoms with E-state index in [-0.39, 0.29) is 0 Å². The summed E-state index contributed by atoms with van der Waals surface area (Å²) in [4.78, 5) is 8.88. The summed E-state index contributed by atoms with van der Waals surface area (Å²) >= 11 is 5.94. The first-order valence-corrected chi connectivity index (χ1v) is 6.75. The Morgan fingerprint density at radius 2 is 2.06 bits per heavy atom. The molecule has 0 spiro atoms. The molecular formula is C13H21ClN4. The van der Waals surface area contributed by atoms with E-state index < -0.39 is 0 Å². The van der Waals surface area contributed by atoms with Crippen LogP contribution >= 0.6 is 11.6 Å². The fourth-order valence-corrected chi connectivity index (χ4v) is 2.74. The molecule has 0 atom stereocenters. The van der Waals surface area contributed by atoms with Gasteiger partial charge in [-0.05, 0) is 38.9 Å². The van der Waals surface area contributed by atoms with E-state index in [9.17, 15) is 0 Å². The molecule has 0 aliphatic carbocycles. The zero-order chi connectivity index (χ0) is 13.1. The van der Waals surface area contributed by atoms with Gasteiger partial charge in [0.25, 0.3) is 0 Å². The minimum absolute atomic E-state index is 0.473. The van der Waals surface area contributed by atoms with E-state index in [0.29, 0.717) is 10.8 Å². The minimum atomic E-state index is 0.473. The number of halogens is 1. The molecule has 100 valence electrons. The van der Waals surface area contributed by atoms with E-state index in [1.165, 1.54) is 19.4 Å². The van der Waals surface area contributed by atoms with E-state index in [1.807, 2.05) is 6.07 Å². The van der Waals surface area contributed by atoms with Gasteiger partial charge in [0, 0.05) is 31.4 Å². The number of rotatable bonds is 3.